The first kappa shape index (κ1) is 18.1. The Morgan fingerprint density at radius 2 is 2.04 bits per heavy atom. The Morgan fingerprint density at radius 3 is 2.75 bits per heavy atom. The van der Waals surface area contributed by atoms with E-state index in [1.165, 1.54) is 18.5 Å². The van der Waals surface area contributed by atoms with Gasteiger partial charge in [-0.2, -0.15) is 5.10 Å². The van der Waals surface area contributed by atoms with Crippen LogP contribution in [0.1, 0.15) is 21.7 Å². The summed E-state index contributed by atoms with van der Waals surface area (Å²) in [6, 6.07) is 11.9. The predicted octanol–water partition coefficient (Wildman–Crippen LogP) is 4.49. The number of aromatic nitrogens is 4. The summed E-state index contributed by atoms with van der Waals surface area (Å²) in [6.07, 6.45) is 4.10. The molecule has 8 heteroatoms. The van der Waals surface area contributed by atoms with Crippen molar-refractivity contribution in [2.75, 3.05) is 0 Å². The summed E-state index contributed by atoms with van der Waals surface area (Å²) in [5, 5.41) is 17.5. The molecule has 0 saturated heterocycles. The first-order valence-electron chi connectivity index (χ1n) is 8.35. The third kappa shape index (κ3) is 3.59. The minimum atomic E-state index is -0.482. The second-order valence-corrected chi connectivity index (χ2v) is 7.10. The average Bonchev–Trinajstić information content (AvgIpc) is 3.32. The number of halogens is 2. The van der Waals surface area contributed by atoms with Gasteiger partial charge in [0.05, 0.1) is 0 Å². The van der Waals surface area contributed by atoms with Crippen LogP contribution in [0.5, 0.6) is 0 Å². The SMILES string of the molecule is O=C(C=C(O)c1cn(Cc2ccc(F)cc2)c2ccc(Br)cc12)c1ncn[nH]1. The van der Waals surface area contributed by atoms with Crippen molar-refractivity contribution in [2.45, 2.75) is 6.54 Å². The monoisotopic (exact) mass is 440 g/mol. The molecular weight excluding hydrogens is 427 g/mol. The number of allylic oxidation sites excluding steroid dienone is 1. The summed E-state index contributed by atoms with van der Waals surface area (Å²) in [4.78, 5) is 16.0. The molecule has 0 radical (unpaired) electrons. The molecule has 28 heavy (non-hydrogen) atoms. The van der Waals surface area contributed by atoms with Gasteiger partial charge in [0.15, 0.2) is 5.82 Å². The highest BCUT2D eigenvalue weighted by Gasteiger charge is 2.15. The molecule has 2 heterocycles. The Bertz CT molecular complexity index is 1180. The molecule has 0 aliphatic rings. The molecule has 0 atom stereocenters. The zero-order valence-electron chi connectivity index (χ0n) is 14.4. The van der Waals surface area contributed by atoms with E-state index in [0.717, 1.165) is 27.0 Å². The van der Waals surface area contributed by atoms with Crippen molar-refractivity contribution in [3.63, 3.8) is 0 Å². The topological polar surface area (TPSA) is 83.8 Å². The molecule has 0 amide bonds. The number of nitrogens with one attached hydrogen (secondary N) is 1. The van der Waals surface area contributed by atoms with Gasteiger partial charge >= 0.3 is 0 Å². The fourth-order valence-electron chi connectivity index (χ4n) is 2.99. The van der Waals surface area contributed by atoms with Crippen molar-refractivity contribution in [3.05, 3.63) is 88.3 Å². The van der Waals surface area contributed by atoms with Crippen molar-refractivity contribution in [3.8, 4) is 0 Å². The zero-order valence-corrected chi connectivity index (χ0v) is 16.0. The van der Waals surface area contributed by atoms with Crippen molar-refractivity contribution in [1.29, 1.82) is 0 Å². The molecule has 0 fully saturated rings. The predicted molar refractivity (Wildman–Crippen MR) is 106 cm³/mol. The van der Waals surface area contributed by atoms with Crippen LogP contribution in [0.25, 0.3) is 16.7 Å². The van der Waals surface area contributed by atoms with Crippen molar-refractivity contribution < 1.29 is 14.3 Å². The van der Waals surface area contributed by atoms with Gasteiger partial charge in [0.1, 0.15) is 17.9 Å². The van der Waals surface area contributed by atoms with Crippen molar-refractivity contribution in [2.24, 2.45) is 0 Å². The Kier molecular flexibility index (Phi) is 4.79. The van der Waals surface area contributed by atoms with Crippen molar-refractivity contribution >= 4 is 38.4 Å². The van der Waals surface area contributed by atoms with Crippen LogP contribution < -0.4 is 0 Å². The van der Waals surface area contributed by atoms with Crippen LogP contribution in [-0.4, -0.2) is 30.6 Å². The molecule has 4 rings (SSSR count). The molecular formula is C20H14BrFN4O2. The molecule has 2 aromatic heterocycles. The number of benzene rings is 2. The Labute approximate surface area is 167 Å². The van der Waals surface area contributed by atoms with E-state index >= 15 is 0 Å². The van der Waals surface area contributed by atoms with Crippen LogP contribution in [0.3, 0.4) is 0 Å². The molecule has 0 saturated carbocycles. The van der Waals surface area contributed by atoms with Gasteiger partial charge in [0, 0.05) is 39.8 Å². The molecule has 0 bridgehead atoms. The Balaban J connectivity index is 1.76. The molecule has 0 aliphatic heterocycles. The lowest BCUT2D eigenvalue weighted by Gasteiger charge is -2.05. The maximum absolute atomic E-state index is 13.2. The molecule has 0 unspecified atom stereocenters. The van der Waals surface area contributed by atoms with Gasteiger partial charge in [0.25, 0.3) is 0 Å². The van der Waals surface area contributed by atoms with Crippen LogP contribution in [-0.2, 0) is 6.54 Å². The average molecular weight is 441 g/mol. The standard InChI is InChI=1S/C20H14BrFN4O2/c21-13-3-6-17-15(7-13)16(18(27)8-19(28)20-23-11-24-25-20)10-26(17)9-12-1-4-14(22)5-2-12/h1-8,10-11,27H,9H2,(H,23,24,25). The maximum Gasteiger partial charge on any atom is 0.226 e. The summed E-state index contributed by atoms with van der Waals surface area (Å²) < 4.78 is 16.0. The lowest BCUT2D eigenvalue weighted by molar-refractivity contribution is 0.103. The second-order valence-electron chi connectivity index (χ2n) is 6.19. The molecule has 0 spiro atoms. The van der Waals surface area contributed by atoms with Crippen LogP contribution in [0, 0.1) is 5.82 Å². The zero-order chi connectivity index (χ0) is 19.7. The first-order chi connectivity index (χ1) is 13.5. The Hall–Kier alpha value is -3.26. The third-order valence-corrected chi connectivity index (χ3v) is 4.79. The van der Waals surface area contributed by atoms with Crippen LogP contribution in [0.15, 0.2) is 65.5 Å². The minimum Gasteiger partial charge on any atom is -0.507 e. The number of ketones is 1. The summed E-state index contributed by atoms with van der Waals surface area (Å²) in [5.74, 6) is -0.910. The number of H-pyrrole nitrogens is 1. The number of hydrogen-bond donors (Lipinski definition) is 2. The number of nitrogens with zero attached hydrogens (tertiary/aromatic N) is 3. The normalized spacial score (nSPS) is 11.9. The highest BCUT2D eigenvalue weighted by molar-refractivity contribution is 9.10. The maximum atomic E-state index is 13.2. The lowest BCUT2D eigenvalue weighted by atomic mass is 10.1. The summed E-state index contributed by atoms with van der Waals surface area (Å²) in [5.41, 5.74) is 2.29. The highest BCUT2D eigenvalue weighted by atomic mass is 79.9. The summed E-state index contributed by atoms with van der Waals surface area (Å²) >= 11 is 3.44. The molecule has 6 nitrogen and oxygen atoms in total. The number of aliphatic hydroxyl groups excluding tert-OH is 1. The smallest absolute Gasteiger partial charge is 0.226 e. The van der Waals surface area contributed by atoms with Crippen molar-refractivity contribution in [1.82, 2.24) is 19.7 Å². The molecule has 4 aromatic rings. The summed E-state index contributed by atoms with van der Waals surface area (Å²) in [6.45, 7) is 0.488. The van der Waals surface area contributed by atoms with Crippen LogP contribution in [0.4, 0.5) is 4.39 Å². The first-order valence-corrected chi connectivity index (χ1v) is 9.14. The fraction of sp³-hybridized carbons (Fsp3) is 0.0500. The van der Waals surface area contributed by atoms with E-state index in [9.17, 15) is 14.3 Å². The van der Waals surface area contributed by atoms with E-state index in [4.69, 9.17) is 0 Å². The molecule has 2 N–H and O–H groups in total. The number of aromatic amines is 1. The Morgan fingerprint density at radius 1 is 1.25 bits per heavy atom. The van der Waals surface area contributed by atoms with E-state index in [-0.39, 0.29) is 17.4 Å². The number of hydrogen-bond acceptors (Lipinski definition) is 4. The van der Waals surface area contributed by atoms with E-state index in [0.29, 0.717) is 12.1 Å². The lowest BCUT2D eigenvalue weighted by Crippen LogP contribution is -1.99. The van der Waals surface area contributed by atoms with Crippen LogP contribution in [0.2, 0.25) is 0 Å². The quantitative estimate of drug-likeness (QED) is 0.272. The number of carbonyl (C=O) groups is 1. The fourth-order valence-corrected chi connectivity index (χ4v) is 3.35. The third-order valence-electron chi connectivity index (χ3n) is 4.30. The number of aliphatic hydroxyl groups is 1. The van der Waals surface area contributed by atoms with E-state index in [1.54, 1.807) is 18.3 Å². The van der Waals surface area contributed by atoms with Gasteiger partial charge in [-0.15, -0.1) is 0 Å². The molecule has 2 aromatic carbocycles. The van der Waals surface area contributed by atoms with E-state index in [2.05, 4.69) is 31.1 Å². The van der Waals surface area contributed by atoms with E-state index in [1.807, 2.05) is 22.8 Å². The number of rotatable bonds is 5. The van der Waals surface area contributed by atoms with E-state index < -0.39 is 5.78 Å². The second kappa shape index (κ2) is 7.40. The highest BCUT2D eigenvalue weighted by Crippen LogP contribution is 2.29. The van der Waals surface area contributed by atoms with Gasteiger partial charge < -0.3 is 9.67 Å². The van der Waals surface area contributed by atoms with Gasteiger partial charge in [-0.3, -0.25) is 9.89 Å². The van der Waals surface area contributed by atoms with Gasteiger partial charge in [0.2, 0.25) is 5.78 Å². The number of carbonyl (C=O) groups excluding carboxylic acids is 1. The van der Waals surface area contributed by atoms with Gasteiger partial charge in [-0.25, -0.2) is 9.37 Å². The summed E-state index contributed by atoms with van der Waals surface area (Å²) in [7, 11) is 0. The van der Waals surface area contributed by atoms with Gasteiger partial charge in [-0.1, -0.05) is 28.1 Å². The largest absolute Gasteiger partial charge is 0.507 e. The van der Waals surface area contributed by atoms with Gasteiger partial charge in [-0.05, 0) is 35.9 Å². The molecule has 140 valence electrons. The molecule has 0 aliphatic carbocycles. The minimum absolute atomic E-state index is 0.0442. The van der Waals surface area contributed by atoms with Crippen LogP contribution >= 0.6 is 15.9 Å². The number of fused-ring (bicyclic) bond motifs is 1.